The number of H-pyrrole nitrogens is 1. The van der Waals surface area contributed by atoms with Crippen LogP contribution in [0.5, 0.6) is 0 Å². The van der Waals surface area contributed by atoms with Crippen LogP contribution in [0.2, 0.25) is 0 Å². The zero-order valence-electron chi connectivity index (χ0n) is 16.8. The molecule has 8 heteroatoms. The molecule has 0 aliphatic carbocycles. The summed E-state index contributed by atoms with van der Waals surface area (Å²) in [5.41, 5.74) is 4.03. The van der Waals surface area contributed by atoms with Crippen LogP contribution in [0.1, 0.15) is 34.6 Å². The Balaban J connectivity index is 1.29. The summed E-state index contributed by atoms with van der Waals surface area (Å²) in [5.74, 6) is -0.127. The molecule has 0 saturated carbocycles. The van der Waals surface area contributed by atoms with Crippen molar-refractivity contribution in [3.63, 3.8) is 0 Å². The summed E-state index contributed by atoms with van der Waals surface area (Å²) in [7, 11) is 0. The number of likely N-dealkylation sites (tertiary alicyclic amines) is 1. The molecule has 1 aliphatic rings. The fourth-order valence-electron chi connectivity index (χ4n) is 3.66. The van der Waals surface area contributed by atoms with Crippen molar-refractivity contribution in [1.82, 2.24) is 30.4 Å². The predicted molar refractivity (Wildman–Crippen MR) is 111 cm³/mol. The molecule has 0 spiro atoms. The summed E-state index contributed by atoms with van der Waals surface area (Å²) in [6, 6.07) is 9.32. The summed E-state index contributed by atoms with van der Waals surface area (Å²) < 4.78 is 0. The van der Waals surface area contributed by atoms with Gasteiger partial charge in [-0.3, -0.25) is 24.7 Å². The third kappa shape index (κ3) is 4.53. The Kier molecular flexibility index (Phi) is 5.83. The molecule has 4 rings (SSSR count). The van der Waals surface area contributed by atoms with E-state index in [1.54, 1.807) is 29.6 Å². The average molecular weight is 404 g/mol. The number of amides is 2. The first-order valence-electron chi connectivity index (χ1n) is 10.0. The molecule has 0 radical (unpaired) electrons. The molecular formula is C22H24N6O2. The predicted octanol–water partition coefficient (Wildman–Crippen LogP) is 2.34. The molecule has 3 aromatic rings. The quantitative estimate of drug-likeness (QED) is 0.679. The number of pyridine rings is 2. The van der Waals surface area contributed by atoms with Gasteiger partial charge in [0.1, 0.15) is 5.69 Å². The van der Waals surface area contributed by atoms with Gasteiger partial charge < -0.3 is 10.2 Å². The first-order valence-corrected chi connectivity index (χ1v) is 10.0. The van der Waals surface area contributed by atoms with Gasteiger partial charge >= 0.3 is 0 Å². The first-order chi connectivity index (χ1) is 14.6. The molecule has 0 bridgehead atoms. The topological polar surface area (TPSA) is 104 Å². The van der Waals surface area contributed by atoms with Gasteiger partial charge in [0.25, 0.3) is 5.91 Å². The molecule has 1 aliphatic heterocycles. The number of piperidine rings is 1. The van der Waals surface area contributed by atoms with Crippen molar-refractivity contribution in [3.8, 4) is 11.3 Å². The van der Waals surface area contributed by atoms with Crippen LogP contribution < -0.4 is 5.32 Å². The number of carbonyl (C=O) groups excluding carboxylic acids is 2. The van der Waals surface area contributed by atoms with E-state index in [0.717, 1.165) is 16.8 Å². The van der Waals surface area contributed by atoms with Crippen LogP contribution in [-0.4, -0.2) is 50.0 Å². The van der Waals surface area contributed by atoms with E-state index in [1.807, 2.05) is 31.2 Å². The lowest BCUT2D eigenvalue weighted by molar-refractivity contribution is -0.126. The number of aryl methyl sites for hydroxylation is 1. The summed E-state index contributed by atoms with van der Waals surface area (Å²) in [5, 5.41) is 10.1. The molecule has 0 aromatic carbocycles. The van der Waals surface area contributed by atoms with Crippen molar-refractivity contribution in [2.75, 3.05) is 13.1 Å². The van der Waals surface area contributed by atoms with E-state index in [4.69, 9.17) is 0 Å². The van der Waals surface area contributed by atoms with Crippen molar-refractivity contribution >= 4 is 11.8 Å². The summed E-state index contributed by atoms with van der Waals surface area (Å²) in [6.45, 7) is 3.52. The number of hydrogen-bond acceptors (Lipinski definition) is 5. The highest BCUT2D eigenvalue weighted by atomic mass is 16.2. The minimum absolute atomic E-state index is 0.0399. The van der Waals surface area contributed by atoms with Crippen LogP contribution in [0, 0.1) is 12.8 Å². The van der Waals surface area contributed by atoms with Gasteiger partial charge in [-0.2, -0.15) is 5.10 Å². The van der Waals surface area contributed by atoms with Gasteiger partial charge in [-0.15, -0.1) is 0 Å². The molecule has 0 atom stereocenters. The number of nitrogens with zero attached hydrogens (tertiary/aromatic N) is 4. The highest BCUT2D eigenvalue weighted by molar-refractivity contribution is 5.93. The van der Waals surface area contributed by atoms with Crippen LogP contribution in [0.15, 0.2) is 48.9 Å². The fourth-order valence-corrected chi connectivity index (χ4v) is 3.66. The van der Waals surface area contributed by atoms with E-state index in [2.05, 4.69) is 25.5 Å². The van der Waals surface area contributed by atoms with E-state index < -0.39 is 0 Å². The number of aromatic nitrogens is 4. The first kappa shape index (κ1) is 19.8. The van der Waals surface area contributed by atoms with Crippen molar-refractivity contribution in [2.24, 2.45) is 5.92 Å². The van der Waals surface area contributed by atoms with Gasteiger partial charge in [-0.05, 0) is 55.7 Å². The molecule has 2 amide bonds. The zero-order valence-corrected chi connectivity index (χ0v) is 16.8. The summed E-state index contributed by atoms with van der Waals surface area (Å²) >= 11 is 0. The smallest absolute Gasteiger partial charge is 0.271 e. The molecule has 154 valence electrons. The second kappa shape index (κ2) is 8.86. The average Bonchev–Trinajstić information content (AvgIpc) is 3.28. The van der Waals surface area contributed by atoms with Crippen LogP contribution >= 0.6 is 0 Å². The standard InChI is InChI=1S/C22H24N6O2/c1-15-12-16(2-9-24-15)14-25-21(29)18-5-10-28(11-6-18)22(30)20-13-19(26-27-20)17-3-7-23-8-4-17/h2-4,7-9,12-13,18H,5-6,10-11,14H2,1H3,(H,25,29)(H,26,27). The Morgan fingerprint density at radius 2 is 1.90 bits per heavy atom. The second-order valence-electron chi connectivity index (χ2n) is 7.49. The number of rotatable bonds is 5. The number of nitrogens with one attached hydrogen (secondary N) is 2. The third-order valence-corrected chi connectivity index (χ3v) is 5.37. The van der Waals surface area contributed by atoms with Gasteiger partial charge in [0, 0.05) is 55.4 Å². The van der Waals surface area contributed by atoms with Crippen molar-refractivity contribution in [3.05, 3.63) is 65.9 Å². The molecule has 30 heavy (non-hydrogen) atoms. The Morgan fingerprint density at radius 3 is 2.63 bits per heavy atom. The molecule has 1 saturated heterocycles. The van der Waals surface area contributed by atoms with E-state index in [-0.39, 0.29) is 17.7 Å². The Bertz CT molecular complexity index is 1020. The lowest BCUT2D eigenvalue weighted by Gasteiger charge is -2.31. The van der Waals surface area contributed by atoms with E-state index in [0.29, 0.717) is 43.9 Å². The maximum absolute atomic E-state index is 12.8. The van der Waals surface area contributed by atoms with Crippen LogP contribution in [0.25, 0.3) is 11.3 Å². The van der Waals surface area contributed by atoms with Gasteiger partial charge in [0.05, 0.1) is 5.69 Å². The SMILES string of the molecule is Cc1cc(CNC(=O)C2CCN(C(=O)c3cc(-c4ccncc4)n[nH]3)CC2)ccn1. The number of aromatic amines is 1. The zero-order chi connectivity index (χ0) is 20.9. The lowest BCUT2D eigenvalue weighted by Crippen LogP contribution is -2.43. The van der Waals surface area contributed by atoms with Crippen molar-refractivity contribution < 1.29 is 9.59 Å². The normalized spacial score (nSPS) is 14.5. The Labute approximate surface area is 174 Å². The van der Waals surface area contributed by atoms with Crippen molar-refractivity contribution in [1.29, 1.82) is 0 Å². The van der Waals surface area contributed by atoms with Gasteiger partial charge in [-0.25, -0.2) is 0 Å². The highest BCUT2D eigenvalue weighted by Gasteiger charge is 2.28. The maximum atomic E-state index is 12.8. The highest BCUT2D eigenvalue weighted by Crippen LogP contribution is 2.21. The summed E-state index contributed by atoms with van der Waals surface area (Å²) in [6.07, 6.45) is 6.43. The largest absolute Gasteiger partial charge is 0.352 e. The van der Waals surface area contributed by atoms with Crippen LogP contribution in [0.4, 0.5) is 0 Å². The van der Waals surface area contributed by atoms with Gasteiger partial charge in [0.15, 0.2) is 0 Å². The van der Waals surface area contributed by atoms with E-state index >= 15 is 0 Å². The van der Waals surface area contributed by atoms with E-state index in [9.17, 15) is 9.59 Å². The molecular weight excluding hydrogens is 380 g/mol. The Hall–Kier alpha value is -3.55. The fraction of sp³-hybridized carbons (Fsp3) is 0.318. The minimum atomic E-state index is -0.0890. The third-order valence-electron chi connectivity index (χ3n) is 5.37. The number of hydrogen-bond donors (Lipinski definition) is 2. The second-order valence-corrected chi connectivity index (χ2v) is 7.49. The molecule has 4 heterocycles. The molecule has 2 N–H and O–H groups in total. The van der Waals surface area contributed by atoms with Gasteiger partial charge in [-0.1, -0.05) is 0 Å². The molecule has 8 nitrogen and oxygen atoms in total. The maximum Gasteiger partial charge on any atom is 0.271 e. The van der Waals surface area contributed by atoms with Crippen LogP contribution in [0.3, 0.4) is 0 Å². The molecule has 3 aromatic heterocycles. The number of carbonyl (C=O) groups is 2. The Morgan fingerprint density at radius 1 is 1.13 bits per heavy atom. The lowest BCUT2D eigenvalue weighted by atomic mass is 9.95. The summed E-state index contributed by atoms with van der Waals surface area (Å²) in [4.78, 5) is 35.2. The van der Waals surface area contributed by atoms with Crippen molar-refractivity contribution in [2.45, 2.75) is 26.3 Å². The minimum Gasteiger partial charge on any atom is -0.352 e. The molecule has 0 unspecified atom stereocenters. The molecule has 1 fully saturated rings. The van der Waals surface area contributed by atoms with Gasteiger partial charge in [0.2, 0.25) is 5.91 Å². The van der Waals surface area contributed by atoms with E-state index in [1.165, 1.54) is 0 Å². The van der Waals surface area contributed by atoms with Crippen LogP contribution in [-0.2, 0) is 11.3 Å². The monoisotopic (exact) mass is 404 g/mol.